The molecule has 0 spiro atoms. The minimum absolute atomic E-state index is 0.0529. The van der Waals surface area contributed by atoms with Crippen LogP contribution in [0.15, 0.2) is 28.1 Å². The molecule has 0 radical (unpaired) electrons. The van der Waals surface area contributed by atoms with Gasteiger partial charge in [0.1, 0.15) is 10.8 Å². The molecule has 2 aromatic rings. The molecular weight excluding hydrogens is 330 g/mol. The number of carboxylic acid groups (broad SMARTS) is 1. The molecule has 6 heteroatoms. The van der Waals surface area contributed by atoms with Gasteiger partial charge < -0.3 is 9.84 Å². The van der Waals surface area contributed by atoms with E-state index in [9.17, 15) is 4.79 Å². The van der Waals surface area contributed by atoms with Gasteiger partial charge in [0, 0.05) is 15.4 Å². The Hall–Kier alpha value is -1.40. The number of thiazole rings is 1. The van der Waals surface area contributed by atoms with E-state index in [0.29, 0.717) is 11.6 Å². The van der Waals surface area contributed by atoms with E-state index in [1.54, 1.807) is 0 Å². The van der Waals surface area contributed by atoms with Crippen LogP contribution < -0.4 is 4.74 Å². The first-order valence-electron chi connectivity index (χ1n) is 5.69. The summed E-state index contributed by atoms with van der Waals surface area (Å²) in [6.07, 6.45) is -0.0529. The summed E-state index contributed by atoms with van der Waals surface area (Å²) in [5.41, 5.74) is 1.61. The fraction of sp³-hybridized carbons (Fsp3) is 0.231. The van der Waals surface area contributed by atoms with Gasteiger partial charge in [-0.15, -0.1) is 11.3 Å². The van der Waals surface area contributed by atoms with Gasteiger partial charge in [0.25, 0.3) is 0 Å². The Morgan fingerprint density at radius 3 is 3.00 bits per heavy atom. The molecule has 0 fully saturated rings. The van der Waals surface area contributed by atoms with Crippen molar-refractivity contribution < 1.29 is 14.6 Å². The average molecular weight is 342 g/mol. The lowest BCUT2D eigenvalue weighted by molar-refractivity contribution is -0.136. The van der Waals surface area contributed by atoms with Crippen LogP contribution in [0.3, 0.4) is 0 Å². The second-order valence-corrected chi connectivity index (χ2v) is 5.63. The highest BCUT2D eigenvalue weighted by Gasteiger charge is 2.12. The molecule has 19 heavy (non-hydrogen) atoms. The van der Waals surface area contributed by atoms with Gasteiger partial charge in [0.15, 0.2) is 0 Å². The Morgan fingerprint density at radius 1 is 1.53 bits per heavy atom. The molecular formula is C13H12BrNO3S. The minimum atomic E-state index is -0.875. The van der Waals surface area contributed by atoms with Crippen LogP contribution >= 0.6 is 27.3 Å². The third-order valence-corrected chi connectivity index (χ3v) is 3.71. The van der Waals surface area contributed by atoms with E-state index in [1.165, 1.54) is 11.3 Å². The van der Waals surface area contributed by atoms with Crippen LogP contribution in [0.5, 0.6) is 5.75 Å². The Balaban J connectivity index is 2.37. The molecule has 0 aliphatic heterocycles. The summed E-state index contributed by atoms with van der Waals surface area (Å²) >= 11 is 4.76. The molecule has 0 atom stereocenters. The topological polar surface area (TPSA) is 59.4 Å². The molecule has 0 amide bonds. The highest BCUT2D eigenvalue weighted by Crippen LogP contribution is 2.33. The lowest BCUT2D eigenvalue weighted by Crippen LogP contribution is -1.99. The Morgan fingerprint density at radius 2 is 2.32 bits per heavy atom. The first-order chi connectivity index (χ1) is 9.10. The van der Waals surface area contributed by atoms with Crippen molar-refractivity contribution in [2.45, 2.75) is 13.3 Å². The van der Waals surface area contributed by atoms with Crippen molar-refractivity contribution in [3.05, 3.63) is 33.1 Å². The van der Waals surface area contributed by atoms with Crippen LogP contribution in [0.4, 0.5) is 0 Å². The Bertz CT molecular complexity index is 597. The summed E-state index contributed by atoms with van der Waals surface area (Å²) in [5.74, 6) is -0.127. The maximum atomic E-state index is 10.7. The Labute approximate surface area is 123 Å². The molecule has 4 nitrogen and oxygen atoms in total. The van der Waals surface area contributed by atoms with Gasteiger partial charge in [-0.25, -0.2) is 4.98 Å². The number of aliphatic carboxylic acids is 1. The van der Waals surface area contributed by atoms with Crippen molar-refractivity contribution >= 4 is 33.2 Å². The van der Waals surface area contributed by atoms with Crippen LogP contribution in [0, 0.1) is 0 Å². The molecule has 0 aliphatic carbocycles. The number of carboxylic acids is 1. The van der Waals surface area contributed by atoms with E-state index in [1.807, 2.05) is 30.5 Å². The summed E-state index contributed by atoms with van der Waals surface area (Å²) < 4.78 is 6.49. The molecule has 2 rings (SSSR count). The number of benzene rings is 1. The number of nitrogens with zero attached hydrogens (tertiary/aromatic N) is 1. The minimum Gasteiger partial charge on any atom is -0.493 e. The van der Waals surface area contributed by atoms with Crippen LogP contribution in [-0.2, 0) is 11.2 Å². The first-order valence-corrected chi connectivity index (χ1v) is 7.36. The summed E-state index contributed by atoms with van der Waals surface area (Å²) in [6.45, 7) is 2.49. The zero-order valence-corrected chi connectivity index (χ0v) is 12.6. The third kappa shape index (κ3) is 3.54. The van der Waals surface area contributed by atoms with Gasteiger partial charge in [0.05, 0.1) is 18.7 Å². The number of ether oxygens (including phenoxy) is 1. The quantitative estimate of drug-likeness (QED) is 0.902. The largest absolute Gasteiger partial charge is 0.493 e. The van der Waals surface area contributed by atoms with Gasteiger partial charge >= 0.3 is 5.97 Å². The van der Waals surface area contributed by atoms with Crippen molar-refractivity contribution in [3.8, 4) is 17.0 Å². The maximum absolute atomic E-state index is 10.7. The zero-order valence-electron chi connectivity index (χ0n) is 10.2. The van der Waals surface area contributed by atoms with Crippen molar-refractivity contribution in [1.82, 2.24) is 4.98 Å². The monoisotopic (exact) mass is 341 g/mol. The average Bonchev–Trinajstić information content (AvgIpc) is 2.79. The van der Waals surface area contributed by atoms with Gasteiger partial charge in [-0.05, 0) is 25.1 Å². The highest BCUT2D eigenvalue weighted by molar-refractivity contribution is 9.10. The highest BCUT2D eigenvalue weighted by atomic mass is 79.9. The number of halogens is 1. The molecule has 1 heterocycles. The second kappa shape index (κ2) is 6.16. The van der Waals surface area contributed by atoms with Crippen LogP contribution in [0.2, 0.25) is 0 Å². The van der Waals surface area contributed by atoms with Crippen molar-refractivity contribution in [3.63, 3.8) is 0 Å². The number of aromatic nitrogens is 1. The number of rotatable bonds is 5. The predicted octanol–water partition coefficient (Wildman–Crippen LogP) is 3.60. The molecule has 0 aliphatic rings. The molecule has 100 valence electrons. The normalized spacial score (nSPS) is 10.4. The number of hydrogen-bond donors (Lipinski definition) is 1. The van der Waals surface area contributed by atoms with E-state index in [2.05, 4.69) is 20.9 Å². The summed E-state index contributed by atoms with van der Waals surface area (Å²) in [5, 5.41) is 11.2. The van der Waals surface area contributed by atoms with Crippen molar-refractivity contribution in [1.29, 1.82) is 0 Å². The standard InChI is InChI=1S/C13H12BrNO3S/c1-2-18-11-4-3-8(14)5-9(11)10-7-19-12(15-10)6-13(16)17/h3-5,7H,2,6H2,1H3,(H,16,17). The lowest BCUT2D eigenvalue weighted by atomic mass is 10.1. The van der Waals surface area contributed by atoms with E-state index < -0.39 is 5.97 Å². The summed E-state index contributed by atoms with van der Waals surface area (Å²) in [7, 11) is 0. The lowest BCUT2D eigenvalue weighted by Gasteiger charge is -2.08. The van der Waals surface area contributed by atoms with Crippen molar-refractivity contribution in [2.24, 2.45) is 0 Å². The van der Waals surface area contributed by atoms with Crippen LogP contribution in [0.1, 0.15) is 11.9 Å². The number of carbonyl (C=O) groups is 1. The number of hydrogen-bond acceptors (Lipinski definition) is 4. The summed E-state index contributed by atoms with van der Waals surface area (Å²) in [4.78, 5) is 15.0. The van der Waals surface area contributed by atoms with Crippen LogP contribution in [0.25, 0.3) is 11.3 Å². The molecule has 0 saturated heterocycles. The van der Waals surface area contributed by atoms with E-state index in [4.69, 9.17) is 9.84 Å². The van der Waals surface area contributed by atoms with E-state index >= 15 is 0 Å². The van der Waals surface area contributed by atoms with E-state index in [0.717, 1.165) is 21.5 Å². The maximum Gasteiger partial charge on any atom is 0.310 e. The summed E-state index contributed by atoms with van der Waals surface area (Å²) in [6, 6.07) is 5.70. The van der Waals surface area contributed by atoms with Crippen molar-refractivity contribution in [2.75, 3.05) is 6.61 Å². The van der Waals surface area contributed by atoms with Gasteiger partial charge in [-0.1, -0.05) is 15.9 Å². The molecule has 1 aromatic carbocycles. The first kappa shape index (κ1) is 14.0. The van der Waals surface area contributed by atoms with Gasteiger partial charge in [-0.2, -0.15) is 0 Å². The molecule has 0 unspecified atom stereocenters. The molecule has 0 bridgehead atoms. The smallest absolute Gasteiger partial charge is 0.310 e. The fourth-order valence-corrected chi connectivity index (χ4v) is 2.78. The van der Waals surface area contributed by atoms with Crippen LogP contribution in [-0.4, -0.2) is 22.7 Å². The fourth-order valence-electron chi connectivity index (χ4n) is 1.63. The second-order valence-electron chi connectivity index (χ2n) is 3.77. The third-order valence-electron chi connectivity index (χ3n) is 2.37. The molecule has 0 saturated carbocycles. The Kier molecular flexibility index (Phi) is 4.55. The predicted molar refractivity (Wildman–Crippen MR) is 77.8 cm³/mol. The SMILES string of the molecule is CCOc1ccc(Br)cc1-c1csc(CC(=O)O)n1. The molecule has 1 N–H and O–H groups in total. The van der Waals surface area contributed by atoms with E-state index in [-0.39, 0.29) is 6.42 Å². The van der Waals surface area contributed by atoms with Gasteiger partial charge in [0.2, 0.25) is 0 Å². The molecule has 1 aromatic heterocycles. The zero-order chi connectivity index (χ0) is 13.8. The van der Waals surface area contributed by atoms with Gasteiger partial charge in [-0.3, -0.25) is 4.79 Å².